The number of hydrogen-bond acceptors (Lipinski definition) is 4. The van der Waals surface area contributed by atoms with Crippen LogP contribution in [-0.2, 0) is 6.54 Å². The zero-order chi connectivity index (χ0) is 12.5. The molecule has 0 aliphatic rings. The summed E-state index contributed by atoms with van der Waals surface area (Å²) in [5.74, 6) is 0.450. The molecule has 0 bridgehead atoms. The van der Waals surface area contributed by atoms with E-state index >= 15 is 0 Å². The molecule has 1 unspecified atom stereocenters. The molecule has 0 radical (unpaired) electrons. The van der Waals surface area contributed by atoms with E-state index in [1.165, 1.54) is 10.8 Å². The zero-order valence-corrected chi connectivity index (χ0v) is 9.97. The molecular formula is C7H14B3N3O3. The van der Waals surface area contributed by atoms with E-state index in [2.05, 4.69) is 4.98 Å². The molecule has 1 atom stereocenters. The highest BCUT2D eigenvalue weighted by atomic mass is 16.6. The molecule has 6 nitrogen and oxygen atoms in total. The van der Waals surface area contributed by atoms with Crippen LogP contribution in [0.2, 0.25) is 5.72 Å². The molecule has 1 aromatic heterocycles. The highest BCUT2D eigenvalue weighted by Gasteiger charge is 2.31. The predicted molar refractivity (Wildman–Crippen MR) is 68.0 cm³/mol. The van der Waals surface area contributed by atoms with Crippen molar-refractivity contribution in [2.75, 3.05) is 0 Å². The van der Waals surface area contributed by atoms with Crippen LogP contribution in [0.1, 0.15) is 5.82 Å². The van der Waals surface area contributed by atoms with Crippen molar-refractivity contribution < 1.29 is 10.0 Å². The number of rotatable bonds is 4. The van der Waals surface area contributed by atoms with E-state index in [4.69, 9.17) is 0 Å². The van der Waals surface area contributed by atoms with Gasteiger partial charge in [-0.2, -0.15) is 0 Å². The maximum Gasteiger partial charge on any atom is 0.342 e. The smallest absolute Gasteiger partial charge is 0.342 e. The Kier molecular flexibility index (Phi) is 3.47. The van der Waals surface area contributed by atoms with Gasteiger partial charge in [0.25, 0.3) is 0 Å². The van der Waals surface area contributed by atoms with Gasteiger partial charge >= 0.3 is 5.82 Å². The van der Waals surface area contributed by atoms with Gasteiger partial charge in [0.05, 0.1) is 21.2 Å². The van der Waals surface area contributed by atoms with Crippen LogP contribution >= 0.6 is 0 Å². The molecule has 0 amide bonds. The molecule has 0 saturated heterocycles. The summed E-state index contributed by atoms with van der Waals surface area (Å²) in [6, 6.07) is 0. The SMILES string of the molecule is BC(B)C(B)(O)Cn1c([N+](=O)[O-])cnc1C. The highest BCUT2D eigenvalue weighted by Crippen LogP contribution is 2.21. The van der Waals surface area contributed by atoms with Gasteiger partial charge < -0.3 is 15.2 Å². The van der Waals surface area contributed by atoms with Crippen LogP contribution in [0, 0.1) is 17.0 Å². The molecule has 0 aliphatic heterocycles. The van der Waals surface area contributed by atoms with E-state index in [1.807, 2.05) is 15.7 Å². The zero-order valence-electron chi connectivity index (χ0n) is 9.97. The van der Waals surface area contributed by atoms with E-state index < -0.39 is 10.4 Å². The Balaban J connectivity index is 3.05. The number of hydrogen-bond donors (Lipinski definition) is 1. The van der Waals surface area contributed by atoms with Gasteiger partial charge in [-0.3, -0.25) is 0 Å². The third-order valence-electron chi connectivity index (χ3n) is 2.94. The predicted octanol–water partition coefficient (Wildman–Crippen LogP) is -2.57. The van der Waals surface area contributed by atoms with Crippen molar-refractivity contribution in [3.63, 3.8) is 0 Å². The fourth-order valence-electron chi connectivity index (χ4n) is 1.30. The number of aryl methyl sites for hydroxylation is 1. The molecule has 0 aliphatic carbocycles. The Labute approximate surface area is 96.4 Å². The topological polar surface area (TPSA) is 81.2 Å². The van der Waals surface area contributed by atoms with Gasteiger partial charge in [0.1, 0.15) is 20.6 Å². The van der Waals surface area contributed by atoms with Crippen molar-refractivity contribution in [2.45, 2.75) is 24.7 Å². The second kappa shape index (κ2) is 4.33. The summed E-state index contributed by atoms with van der Waals surface area (Å²) >= 11 is 0. The van der Waals surface area contributed by atoms with Crippen LogP contribution in [0.15, 0.2) is 6.20 Å². The van der Waals surface area contributed by atoms with Gasteiger partial charge in [-0.05, 0) is 4.92 Å². The molecule has 0 aromatic carbocycles. The van der Waals surface area contributed by atoms with Crippen molar-refractivity contribution in [1.29, 1.82) is 0 Å². The van der Waals surface area contributed by atoms with Gasteiger partial charge in [0, 0.05) is 6.92 Å². The van der Waals surface area contributed by atoms with Gasteiger partial charge in [0.15, 0.2) is 5.82 Å². The summed E-state index contributed by atoms with van der Waals surface area (Å²) in [7, 11) is 5.41. The highest BCUT2D eigenvalue weighted by molar-refractivity contribution is 6.40. The maximum absolute atomic E-state index is 10.8. The monoisotopic (exact) mass is 221 g/mol. The van der Waals surface area contributed by atoms with Crippen molar-refractivity contribution in [3.05, 3.63) is 22.1 Å². The summed E-state index contributed by atoms with van der Waals surface area (Å²) < 4.78 is 1.43. The first-order valence-corrected chi connectivity index (χ1v) is 5.14. The fourth-order valence-corrected chi connectivity index (χ4v) is 1.30. The summed E-state index contributed by atoms with van der Waals surface area (Å²) in [5, 5.41) is 20.9. The van der Waals surface area contributed by atoms with Gasteiger partial charge in [-0.25, -0.2) is 9.55 Å². The largest absolute Gasteiger partial charge is 0.396 e. The van der Waals surface area contributed by atoms with Crippen LogP contribution in [0.5, 0.6) is 0 Å². The lowest BCUT2D eigenvalue weighted by atomic mass is 9.53. The van der Waals surface area contributed by atoms with Gasteiger partial charge in [0.2, 0.25) is 0 Å². The molecule has 0 saturated carbocycles. The third kappa shape index (κ3) is 2.47. The minimum atomic E-state index is -0.990. The molecule has 84 valence electrons. The van der Waals surface area contributed by atoms with Gasteiger partial charge in [-0.1, -0.05) is 5.72 Å². The summed E-state index contributed by atoms with van der Waals surface area (Å²) in [6.07, 6.45) is 1.21. The number of nitrogens with zero attached hydrogens (tertiary/aromatic N) is 3. The number of imidazole rings is 1. The first-order valence-electron chi connectivity index (χ1n) is 5.14. The fraction of sp³-hybridized carbons (Fsp3) is 0.571. The minimum absolute atomic E-state index is 0.00824. The first kappa shape index (κ1) is 12.8. The van der Waals surface area contributed by atoms with E-state index in [1.54, 1.807) is 14.8 Å². The molecule has 1 N–H and O–H groups in total. The quantitative estimate of drug-likeness (QED) is 0.344. The standard InChI is InChI=1S/C7H14B3N3O3/c1-4-11-2-5(13(15)16)12(4)3-7(10,14)6(8)9/h2,6,14H,3,8-10H2,1H3. The van der Waals surface area contributed by atoms with E-state index in [-0.39, 0.29) is 18.1 Å². The molecule has 1 aromatic rings. The Morgan fingerprint density at radius 1 is 1.75 bits per heavy atom. The molecule has 1 rings (SSSR count). The van der Waals surface area contributed by atoms with Crippen LogP contribution < -0.4 is 0 Å². The number of nitro groups is 1. The lowest BCUT2D eigenvalue weighted by Gasteiger charge is -2.26. The lowest BCUT2D eigenvalue weighted by Crippen LogP contribution is -2.40. The average Bonchev–Trinajstić information content (AvgIpc) is 2.47. The Morgan fingerprint density at radius 2 is 2.31 bits per heavy atom. The number of aromatic nitrogens is 2. The molecule has 9 heteroatoms. The minimum Gasteiger partial charge on any atom is -0.396 e. The lowest BCUT2D eigenvalue weighted by molar-refractivity contribution is -0.392. The van der Waals surface area contributed by atoms with E-state index in [9.17, 15) is 15.2 Å². The number of aliphatic hydroxyl groups is 1. The normalized spacial score (nSPS) is 14.9. The van der Waals surface area contributed by atoms with Crippen LogP contribution in [0.25, 0.3) is 0 Å². The molecule has 0 fully saturated rings. The van der Waals surface area contributed by atoms with Crippen molar-refractivity contribution in [1.82, 2.24) is 9.55 Å². The summed E-state index contributed by atoms with van der Waals surface area (Å²) in [5.41, 5.74) is -0.982. The van der Waals surface area contributed by atoms with E-state index in [0.29, 0.717) is 5.82 Å². The van der Waals surface area contributed by atoms with Crippen molar-refractivity contribution in [2.24, 2.45) is 0 Å². The summed E-state index contributed by atoms with van der Waals surface area (Å²) in [4.78, 5) is 14.2. The van der Waals surface area contributed by atoms with Gasteiger partial charge in [-0.15, -0.1) is 0 Å². The van der Waals surface area contributed by atoms with Crippen LogP contribution in [0.3, 0.4) is 0 Å². The molecule has 1 heterocycles. The first-order chi connectivity index (χ1) is 7.25. The van der Waals surface area contributed by atoms with Crippen molar-refractivity contribution in [3.8, 4) is 0 Å². The second-order valence-electron chi connectivity index (χ2n) is 4.52. The second-order valence-corrected chi connectivity index (χ2v) is 4.52. The summed E-state index contributed by atoms with van der Waals surface area (Å²) in [6.45, 7) is 1.86. The molecule has 16 heavy (non-hydrogen) atoms. The van der Waals surface area contributed by atoms with Crippen molar-refractivity contribution >= 4 is 29.4 Å². The Hall–Kier alpha value is -1.24. The van der Waals surface area contributed by atoms with Crippen LogP contribution in [0.4, 0.5) is 5.82 Å². The Bertz CT molecular complexity index is 405. The van der Waals surface area contributed by atoms with Crippen LogP contribution in [-0.4, -0.2) is 48.6 Å². The Morgan fingerprint density at radius 3 is 2.75 bits per heavy atom. The molecular weight excluding hydrogens is 207 g/mol. The third-order valence-corrected chi connectivity index (χ3v) is 2.94. The average molecular weight is 221 g/mol. The van der Waals surface area contributed by atoms with E-state index in [0.717, 1.165) is 0 Å². The molecule has 0 spiro atoms. The maximum atomic E-state index is 10.8.